The maximum absolute atomic E-state index is 12.0. The van der Waals surface area contributed by atoms with E-state index in [0.717, 1.165) is 29.8 Å². The smallest absolute Gasteiger partial charge is 0.277 e. The third-order valence-corrected chi connectivity index (χ3v) is 5.77. The van der Waals surface area contributed by atoms with Gasteiger partial charge in [0.2, 0.25) is 0 Å². The molecule has 1 aliphatic rings. The van der Waals surface area contributed by atoms with E-state index in [1.54, 1.807) is 30.5 Å². The van der Waals surface area contributed by atoms with Crippen LogP contribution in [0.4, 0.5) is 5.69 Å². The van der Waals surface area contributed by atoms with Crippen LogP contribution in [0, 0.1) is 0 Å². The molecule has 0 unspecified atom stereocenters. The first-order valence-electron chi connectivity index (χ1n) is 10.2. The third-order valence-electron chi connectivity index (χ3n) is 5.13. The molecule has 0 aliphatic carbocycles. The minimum Gasteiger partial charge on any atom is -0.482 e. The second-order valence-electron chi connectivity index (χ2n) is 8.04. The number of rotatable bonds is 7. The minimum absolute atomic E-state index is 0.0817. The van der Waals surface area contributed by atoms with Gasteiger partial charge in [0.1, 0.15) is 5.75 Å². The highest BCUT2D eigenvalue weighted by Crippen LogP contribution is 2.41. The number of nitrogens with one attached hydrogen (secondary N) is 1. The number of nitrogens with zero attached hydrogens (tertiary/aromatic N) is 2. The van der Waals surface area contributed by atoms with Crippen molar-refractivity contribution < 1.29 is 9.53 Å². The molecule has 7 heteroatoms. The molecule has 1 N–H and O–H groups in total. The summed E-state index contributed by atoms with van der Waals surface area (Å²) >= 11 is 12.6. The second kappa shape index (κ2) is 9.75. The topological polar surface area (TPSA) is 53.9 Å². The van der Waals surface area contributed by atoms with Gasteiger partial charge < -0.3 is 9.64 Å². The Balaban J connectivity index is 1.71. The number of fused-ring (bicyclic) bond motifs is 1. The number of carbonyl (C=O) groups excluding carboxylic acids is 1. The van der Waals surface area contributed by atoms with E-state index < -0.39 is 5.91 Å². The fourth-order valence-electron chi connectivity index (χ4n) is 3.76. The van der Waals surface area contributed by atoms with Crippen LogP contribution in [0.15, 0.2) is 47.6 Å². The van der Waals surface area contributed by atoms with Gasteiger partial charge in [-0.2, -0.15) is 5.10 Å². The van der Waals surface area contributed by atoms with Crippen LogP contribution in [0.3, 0.4) is 0 Å². The van der Waals surface area contributed by atoms with Crippen LogP contribution in [-0.4, -0.2) is 30.8 Å². The van der Waals surface area contributed by atoms with Crippen LogP contribution < -0.4 is 15.1 Å². The van der Waals surface area contributed by atoms with E-state index in [-0.39, 0.29) is 12.1 Å². The number of hydrogen-bond acceptors (Lipinski definition) is 4. The molecule has 2 aromatic carbocycles. The highest BCUT2D eigenvalue weighted by molar-refractivity contribution is 6.33. The molecular formula is C24H27Cl2N3O2. The molecule has 0 fully saturated rings. The number of benzene rings is 2. The molecule has 0 aromatic heterocycles. The van der Waals surface area contributed by atoms with Crippen molar-refractivity contribution in [2.75, 3.05) is 18.1 Å². The van der Waals surface area contributed by atoms with E-state index in [4.69, 9.17) is 27.9 Å². The molecule has 2 aromatic rings. The van der Waals surface area contributed by atoms with Gasteiger partial charge in [-0.1, -0.05) is 48.3 Å². The standard InChI is InChI=1S/C24H27Cl2N3O2/c1-5-10-29-21-12-20(26)17(11-18(21)16(2)13-24(29,3)4)14-27-28-23(30)15-31-22-9-7-6-8-19(22)25/h6-9,11-14H,5,10,15H2,1-4H3,(H,28,30)/b27-14+. The van der Waals surface area contributed by atoms with Crippen LogP contribution in [-0.2, 0) is 4.79 Å². The van der Waals surface area contributed by atoms with Crippen LogP contribution >= 0.6 is 23.2 Å². The van der Waals surface area contributed by atoms with Gasteiger partial charge >= 0.3 is 0 Å². The Morgan fingerprint density at radius 1 is 1.23 bits per heavy atom. The predicted molar refractivity (Wildman–Crippen MR) is 130 cm³/mol. The van der Waals surface area contributed by atoms with E-state index in [2.05, 4.69) is 49.2 Å². The number of hydrazone groups is 1. The number of allylic oxidation sites excluding steroid dienone is 1. The molecule has 3 rings (SSSR count). The Morgan fingerprint density at radius 2 is 1.97 bits per heavy atom. The quantitative estimate of drug-likeness (QED) is 0.411. The number of ether oxygens (including phenoxy) is 1. The lowest BCUT2D eigenvalue weighted by Gasteiger charge is -2.43. The average molecular weight is 460 g/mol. The van der Waals surface area contributed by atoms with Crippen LogP contribution in [0.5, 0.6) is 5.75 Å². The molecule has 0 spiro atoms. The van der Waals surface area contributed by atoms with Gasteiger partial charge in [0.05, 0.1) is 21.8 Å². The van der Waals surface area contributed by atoms with Crippen molar-refractivity contribution in [3.05, 3.63) is 63.6 Å². The van der Waals surface area contributed by atoms with Gasteiger partial charge in [-0.25, -0.2) is 5.43 Å². The Kier molecular flexibility index (Phi) is 7.29. The van der Waals surface area contributed by atoms with Crippen molar-refractivity contribution in [1.29, 1.82) is 0 Å². The van der Waals surface area contributed by atoms with Crippen molar-refractivity contribution in [1.82, 2.24) is 5.43 Å². The van der Waals surface area contributed by atoms with Gasteiger partial charge in [0.25, 0.3) is 5.91 Å². The Bertz CT molecular complexity index is 1030. The van der Waals surface area contributed by atoms with Crippen LogP contribution in [0.25, 0.3) is 5.57 Å². The molecule has 0 bridgehead atoms. The van der Waals surface area contributed by atoms with Gasteiger partial charge in [-0.3, -0.25) is 4.79 Å². The summed E-state index contributed by atoms with van der Waals surface area (Å²) in [5.74, 6) is 0.0556. The first kappa shape index (κ1) is 23.2. The number of halogens is 2. The maximum Gasteiger partial charge on any atom is 0.277 e. The van der Waals surface area contributed by atoms with Gasteiger partial charge in [-0.05, 0) is 57.0 Å². The normalized spacial score (nSPS) is 14.9. The summed E-state index contributed by atoms with van der Waals surface area (Å²) in [6.45, 7) is 9.43. The van der Waals surface area contributed by atoms with Crippen molar-refractivity contribution in [3.63, 3.8) is 0 Å². The number of carbonyl (C=O) groups is 1. The SMILES string of the molecule is CCCN1c2cc(Cl)c(/C=N/NC(=O)COc3ccccc3Cl)cc2C(C)=CC1(C)C. The van der Waals surface area contributed by atoms with E-state index in [1.165, 1.54) is 5.57 Å². The summed E-state index contributed by atoms with van der Waals surface area (Å²) in [5.41, 5.74) is 6.54. The maximum atomic E-state index is 12.0. The monoisotopic (exact) mass is 459 g/mol. The number of hydrogen-bond donors (Lipinski definition) is 1. The van der Waals surface area contributed by atoms with Gasteiger partial charge in [0.15, 0.2) is 6.61 Å². The first-order chi connectivity index (χ1) is 14.7. The molecule has 0 radical (unpaired) electrons. The fraction of sp³-hybridized carbons (Fsp3) is 0.333. The number of amides is 1. The van der Waals surface area contributed by atoms with Crippen molar-refractivity contribution >= 4 is 46.6 Å². The Morgan fingerprint density at radius 3 is 2.68 bits per heavy atom. The second-order valence-corrected chi connectivity index (χ2v) is 8.85. The lowest BCUT2D eigenvalue weighted by molar-refractivity contribution is -0.123. The van der Waals surface area contributed by atoms with Gasteiger partial charge in [0, 0.05) is 23.4 Å². The number of para-hydroxylation sites is 1. The van der Waals surface area contributed by atoms with E-state index >= 15 is 0 Å². The summed E-state index contributed by atoms with van der Waals surface area (Å²) in [4.78, 5) is 14.4. The van der Waals surface area contributed by atoms with Crippen molar-refractivity contribution in [2.24, 2.45) is 5.10 Å². The zero-order valence-corrected chi connectivity index (χ0v) is 19.7. The molecule has 1 aliphatic heterocycles. The zero-order valence-electron chi connectivity index (χ0n) is 18.2. The van der Waals surface area contributed by atoms with Crippen LogP contribution in [0.2, 0.25) is 10.0 Å². The highest BCUT2D eigenvalue weighted by Gasteiger charge is 2.31. The van der Waals surface area contributed by atoms with Crippen molar-refractivity contribution in [2.45, 2.75) is 39.7 Å². The first-order valence-corrected chi connectivity index (χ1v) is 11.0. The fourth-order valence-corrected chi connectivity index (χ4v) is 4.15. The van der Waals surface area contributed by atoms with Gasteiger partial charge in [-0.15, -0.1) is 0 Å². The Hall–Kier alpha value is -2.50. The average Bonchev–Trinajstić information content (AvgIpc) is 2.71. The van der Waals surface area contributed by atoms with Crippen LogP contribution in [0.1, 0.15) is 45.2 Å². The lowest BCUT2D eigenvalue weighted by atomic mass is 9.88. The molecule has 0 saturated carbocycles. The molecule has 1 heterocycles. The summed E-state index contributed by atoms with van der Waals surface area (Å²) in [6, 6.07) is 11.0. The molecular weight excluding hydrogens is 433 g/mol. The summed E-state index contributed by atoms with van der Waals surface area (Å²) in [5, 5.41) is 5.07. The molecule has 0 atom stereocenters. The Labute approximate surface area is 193 Å². The van der Waals surface area contributed by atoms with Crippen molar-refractivity contribution in [3.8, 4) is 5.75 Å². The largest absolute Gasteiger partial charge is 0.482 e. The third kappa shape index (κ3) is 5.41. The zero-order chi connectivity index (χ0) is 22.6. The van der Waals surface area contributed by atoms with E-state index in [9.17, 15) is 4.79 Å². The molecule has 1 amide bonds. The molecule has 0 saturated heterocycles. The molecule has 31 heavy (non-hydrogen) atoms. The minimum atomic E-state index is -0.391. The number of anilines is 1. The summed E-state index contributed by atoms with van der Waals surface area (Å²) in [6.07, 6.45) is 4.86. The lowest BCUT2D eigenvalue weighted by Crippen LogP contribution is -2.45. The molecule has 164 valence electrons. The molecule has 5 nitrogen and oxygen atoms in total. The highest BCUT2D eigenvalue weighted by atomic mass is 35.5. The van der Waals surface area contributed by atoms with E-state index in [0.29, 0.717) is 15.8 Å². The predicted octanol–water partition coefficient (Wildman–Crippen LogP) is 5.93. The van der Waals surface area contributed by atoms with E-state index in [1.807, 2.05) is 12.1 Å². The summed E-state index contributed by atoms with van der Waals surface area (Å²) < 4.78 is 5.41. The summed E-state index contributed by atoms with van der Waals surface area (Å²) in [7, 11) is 0.